The average molecular weight is 389 g/mol. The van der Waals surface area contributed by atoms with Gasteiger partial charge in [-0.3, -0.25) is 4.79 Å². The number of amides is 3. The molecule has 0 spiro atoms. The Morgan fingerprint density at radius 3 is 2.39 bits per heavy atom. The third kappa shape index (κ3) is 4.88. The number of carbonyl (C=O) groups excluding carboxylic acids is 2. The normalized spacial score (nSPS) is 17.5. The largest absolute Gasteiger partial charge is 0.493 e. The van der Waals surface area contributed by atoms with Gasteiger partial charge in [0.2, 0.25) is 5.91 Å². The summed E-state index contributed by atoms with van der Waals surface area (Å²) < 4.78 is 10.9. The Kier molecular flexibility index (Phi) is 7.01. The van der Waals surface area contributed by atoms with Gasteiger partial charge in [0, 0.05) is 38.6 Å². The van der Waals surface area contributed by atoms with E-state index in [-0.39, 0.29) is 17.9 Å². The van der Waals surface area contributed by atoms with Gasteiger partial charge in [-0.2, -0.15) is 0 Å². The molecule has 0 bridgehead atoms. The lowest BCUT2D eigenvalue weighted by molar-refractivity contribution is -0.126. The van der Waals surface area contributed by atoms with Crippen LogP contribution in [-0.2, 0) is 11.3 Å². The van der Waals surface area contributed by atoms with Crippen LogP contribution in [0.2, 0.25) is 0 Å². The van der Waals surface area contributed by atoms with E-state index >= 15 is 0 Å². The molecule has 0 saturated carbocycles. The second-order valence-electron chi connectivity index (χ2n) is 7.37. The molecule has 3 rings (SSSR count). The lowest BCUT2D eigenvalue weighted by Gasteiger charge is -2.34. The van der Waals surface area contributed by atoms with Gasteiger partial charge >= 0.3 is 6.03 Å². The minimum atomic E-state index is -0.0350. The number of rotatable bonds is 6. The number of likely N-dealkylation sites (tertiary alicyclic amines) is 2. The standard InChI is InChI=1S/C21H31N3O4/c1-3-28-19-14-16(6-7-18(19)27-2)15-22-20(25)17-8-12-24(13-9-17)21(26)23-10-4-5-11-23/h6-7,14,17H,3-5,8-13,15H2,1-2H3,(H,22,25). The molecule has 154 valence electrons. The number of piperidine rings is 1. The predicted molar refractivity (Wildman–Crippen MR) is 107 cm³/mol. The highest BCUT2D eigenvalue weighted by atomic mass is 16.5. The van der Waals surface area contributed by atoms with Crippen LogP contribution in [0, 0.1) is 5.92 Å². The number of methoxy groups -OCH3 is 1. The quantitative estimate of drug-likeness (QED) is 0.812. The SMILES string of the molecule is CCOc1cc(CNC(=O)C2CCN(C(=O)N3CCCC3)CC2)ccc1OC. The first-order valence-electron chi connectivity index (χ1n) is 10.2. The van der Waals surface area contributed by atoms with E-state index in [0.29, 0.717) is 37.7 Å². The van der Waals surface area contributed by atoms with Crippen molar-refractivity contribution in [2.24, 2.45) is 5.92 Å². The van der Waals surface area contributed by atoms with Gasteiger partial charge in [0.1, 0.15) is 0 Å². The van der Waals surface area contributed by atoms with Crippen LogP contribution < -0.4 is 14.8 Å². The Hall–Kier alpha value is -2.44. The fraction of sp³-hybridized carbons (Fsp3) is 0.619. The molecule has 7 heteroatoms. The van der Waals surface area contributed by atoms with Crippen molar-refractivity contribution < 1.29 is 19.1 Å². The summed E-state index contributed by atoms with van der Waals surface area (Å²) in [6, 6.07) is 5.83. The number of ether oxygens (including phenoxy) is 2. The molecule has 2 heterocycles. The van der Waals surface area contributed by atoms with Crippen LogP contribution in [0.15, 0.2) is 18.2 Å². The Morgan fingerprint density at radius 2 is 1.75 bits per heavy atom. The van der Waals surface area contributed by atoms with Crippen molar-refractivity contribution in [1.82, 2.24) is 15.1 Å². The minimum Gasteiger partial charge on any atom is -0.493 e. The number of urea groups is 1. The van der Waals surface area contributed by atoms with E-state index < -0.39 is 0 Å². The van der Waals surface area contributed by atoms with Crippen molar-refractivity contribution in [2.45, 2.75) is 39.2 Å². The molecule has 0 atom stereocenters. The van der Waals surface area contributed by atoms with Crippen LogP contribution in [0.25, 0.3) is 0 Å². The first-order valence-corrected chi connectivity index (χ1v) is 10.2. The van der Waals surface area contributed by atoms with Gasteiger partial charge in [-0.25, -0.2) is 4.79 Å². The summed E-state index contributed by atoms with van der Waals surface area (Å²) in [5.74, 6) is 1.40. The molecule has 1 aromatic carbocycles. The number of nitrogens with one attached hydrogen (secondary N) is 1. The van der Waals surface area contributed by atoms with Crippen LogP contribution >= 0.6 is 0 Å². The summed E-state index contributed by atoms with van der Waals surface area (Å²) in [5, 5.41) is 3.03. The molecule has 2 aliphatic rings. The Morgan fingerprint density at radius 1 is 1.07 bits per heavy atom. The maximum atomic E-state index is 12.6. The topological polar surface area (TPSA) is 71.1 Å². The monoisotopic (exact) mass is 389 g/mol. The van der Waals surface area contributed by atoms with Crippen LogP contribution in [0.1, 0.15) is 38.2 Å². The Balaban J connectivity index is 1.47. The summed E-state index contributed by atoms with van der Waals surface area (Å²) in [6.45, 7) is 5.98. The van der Waals surface area contributed by atoms with Crippen molar-refractivity contribution in [3.8, 4) is 11.5 Å². The van der Waals surface area contributed by atoms with Crippen molar-refractivity contribution >= 4 is 11.9 Å². The predicted octanol–water partition coefficient (Wildman–Crippen LogP) is 2.64. The highest BCUT2D eigenvalue weighted by Gasteiger charge is 2.30. The molecule has 0 radical (unpaired) electrons. The lowest BCUT2D eigenvalue weighted by atomic mass is 9.96. The van der Waals surface area contributed by atoms with Gasteiger partial charge in [0.15, 0.2) is 11.5 Å². The summed E-state index contributed by atoms with van der Waals surface area (Å²) in [7, 11) is 1.61. The minimum absolute atomic E-state index is 0.0350. The molecule has 2 fully saturated rings. The van der Waals surface area contributed by atoms with Gasteiger partial charge in [-0.05, 0) is 50.3 Å². The molecule has 28 heavy (non-hydrogen) atoms. The lowest BCUT2D eigenvalue weighted by Crippen LogP contribution is -2.47. The van der Waals surface area contributed by atoms with Crippen LogP contribution in [0.5, 0.6) is 11.5 Å². The zero-order chi connectivity index (χ0) is 19.9. The molecule has 7 nitrogen and oxygen atoms in total. The number of carbonyl (C=O) groups is 2. The Labute approximate surface area is 167 Å². The number of benzene rings is 1. The first-order chi connectivity index (χ1) is 13.6. The van der Waals surface area contributed by atoms with E-state index in [1.165, 1.54) is 0 Å². The van der Waals surface area contributed by atoms with E-state index in [2.05, 4.69) is 5.32 Å². The van der Waals surface area contributed by atoms with Crippen molar-refractivity contribution in [2.75, 3.05) is 39.9 Å². The highest BCUT2D eigenvalue weighted by molar-refractivity contribution is 5.79. The van der Waals surface area contributed by atoms with Crippen LogP contribution in [0.4, 0.5) is 4.79 Å². The van der Waals surface area contributed by atoms with E-state index in [9.17, 15) is 9.59 Å². The molecule has 1 N–H and O–H groups in total. The fourth-order valence-corrected chi connectivity index (χ4v) is 3.87. The second kappa shape index (κ2) is 9.66. The second-order valence-corrected chi connectivity index (χ2v) is 7.37. The molecular formula is C21H31N3O4. The third-order valence-electron chi connectivity index (χ3n) is 5.51. The van der Waals surface area contributed by atoms with Gasteiger partial charge in [0.05, 0.1) is 13.7 Å². The molecule has 1 aromatic rings. The van der Waals surface area contributed by atoms with Gasteiger partial charge in [-0.1, -0.05) is 6.07 Å². The first kappa shape index (κ1) is 20.3. The van der Waals surface area contributed by atoms with Crippen molar-refractivity contribution in [3.05, 3.63) is 23.8 Å². The van der Waals surface area contributed by atoms with Gasteiger partial charge in [0.25, 0.3) is 0 Å². The van der Waals surface area contributed by atoms with Gasteiger partial charge < -0.3 is 24.6 Å². The molecular weight excluding hydrogens is 358 g/mol. The maximum absolute atomic E-state index is 12.6. The van der Waals surface area contributed by atoms with Crippen molar-refractivity contribution in [3.63, 3.8) is 0 Å². The zero-order valence-electron chi connectivity index (χ0n) is 16.9. The van der Waals surface area contributed by atoms with E-state index in [1.54, 1.807) is 7.11 Å². The number of hydrogen-bond donors (Lipinski definition) is 1. The number of nitrogens with zero attached hydrogens (tertiary/aromatic N) is 2. The van der Waals surface area contributed by atoms with Crippen LogP contribution in [-0.4, -0.2) is 61.6 Å². The maximum Gasteiger partial charge on any atom is 0.319 e. The Bertz CT molecular complexity index is 680. The van der Waals surface area contributed by atoms with E-state index in [0.717, 1.165) is 44.3 Å². The zero-order valence-corrected chi connectivity index (χ0v) is 16.9. The van der Waals surface area contributed by atoms with E-state index in [4.69, 9.17) is 9.47 Å². The summed E-state index contributed by atoms with van der Waals surface area (Å²) in [5.41, 5.74) is 0.972. The summed E-state index contributed by atoms with van der Waals surface area (Å²) in [4.78, 5) is 28.8. The molecule has 0 unspecified atom stereocenters. The molecule has 3 amide bonds. The average Bonchev–Trinajstić information content (AvgIpc) is 3.27. The third-order valence-corrected chi connectivity index (χ3v) is 5.51. The fourth-order valence-electron chi connectivity index (χ4n) is 3.87. The molecule has 2 saturated heterocycles. The van der Waals surface area contributed by atoms with Crippen molar-refractivity contribution in [1.29, 1.82) is 0 Å². The summed E-state index contributed by atoms with van der Waals surface area (Å²) >= 11 is 0. The molecule has 0 aromatic heterocycles. The smallest absolute Gasteiger partial charge is 0.319 e. The highest BCUT2D eigenvalue weighted by Crippen LogP contribution is 2.28. The van der Waals surface area contributed by atoms with E-state index in [1.807, 2.05) is 34.9 Å². The molecule has 2 aliphatic heterocycles. The van der Waals surface area contributed by atoms with Gasteiger partial charge in [-0.15, -0.1) is 0 Å². The number of hydrogen-bond acceptors (Lipinski definition) is 4. The van der Waals surface area contributed by atoms with Crippen LogP contribution in [0.3, 0.4) is 0 Å². The molecule has 0 aliphatic carbocycles. The summed E-state index contributed by atoms with van der Waals surface area (Å²) in [6.07, 6.45) is 3.64.